The molecular weight excluding hydrogens is 216 g/mol. The Kier molecular flexibility index (Phi) is 3.06. The van der Waals surface area contributed by atoms with Crippen molar-refractivity contribution in [2.75, 3.05) is 0 Å². The number of nitrogens with one attached hydrogen (secondary N) is 1. The van der Waals surface area contributed by atoms with E-state index in [2.05, 4.69) is 4.98 Å². The lowest BCUT2D eigenvalue weighted by atomic mass is 10.2. The van der Waals surface area contributed by atoms with Crippen LogP contribution in [0.4, 0.5) is 4.39 Å². The second-order valence-corrected chi connectivity index (χ2v) is 3.13. The van der Waals surface area contributed by atoms with Crippen LogP contribution in [0.15, 0.2) is 6.07 Å². The van der Waals surface area contributed by atoms with E-state index in [-0.39, 0.29) is 22.6 Å². The van der Waals surface area contributed by atoms with Crippen LogP contribution in [0.5, 0.6) is 0 Å². The maximum atomic E-state index is 12.8. The minimum Gasteiger partial charge on any atom is -0.387 e. The number of aromatic nitrogens is 1. The van der Waals surface area contributed by atoms with Gasteiger partial charge in [-0.05, 0) is 11.6 Å². The van der Waals surface area contributed by atoms with Crippen molar-refractivity contribution < 1.29 is 4.39 Å². The van der Waals surface area contributed by atoms with Crippen LogP contribution < -0.4 is 5.73 Å². The Morgan fingerprint density at radius 1 is 1.54 bits per heavy atom. The van der Waals surface area contributed by atoms with Gasteiger partial charge < -0.3 is 5.73 Å². The number of nitrogens with two attached hydrogens (primary N) is 1. The van der Waals surface area contributed by atoms with Crippen LogP contribution >= 0.6 is 23.2 Å². The molecule has 0 bridgehead atoms. The molecule has 0 spiro atoms. The number of nitrogens with zero attached hydrogens (tertiary/aromatic N) is 1. The number of halogens is 3. The third-order valence-electron chi connectivity index (χ3n) is 1.34. The van der Waals surface area contributed by atoms with Gasteiger partial charge in [-0.1, -0.05) is 23.2 Å². The molecule has 0 radical (unpaired) electrons. The highest BCUT2D eigenvalue weighted by atomic mass is 35.5. The van der Waals surface area contributed by atoms with E-state index in [0.717, 1.165) is 6.07 Å². The summed E-state index contributed by atoms with van der Waals surface area (Å²) in [6.45, 7) is 0. The molecule has 1 heterocycles. The molecule has 1 aromatic rings. The summed E-state index contributed by atoms with van der Waals surface area (Å²) in [7, 11) is 0. The van der Waals surface area contributed by atoms with Gasteiger partial charge in [0.1, 0.15) is 5.15 Å². The molecule has 3 N–H and O–H groups in total. The van der Waals surface area contributed by atoms with E-state index >= 15 is 0 Å². The van der Waals surface area contributed by atoms with Gasteiger partial charge in [0.25, 0.3) is 0 Å². The molecule has 0 aliphatic heterocycles. The minimum atomic E-state index is -0.665. The van der Waals surface area contributed by atoms with E-state index in [9.17, 15) is 4.39 Å². The monoisotopic (exact) mass is 221 g/mol. The lowest BCUT2D eigenvalue weighted by Crippen LogP contribution is -2.13. The first-order valence-electron chi connectivity index (χ1n) is 3.34. The molecule has 0 saturated carbocycles. The zero-order valence-electron chi connectivity index (χ0n) is 6.44. The quantitative estimate of drug-likeness (QED) is 0.456. The fourth-order valence-corrected chi connectivity index (χ4v) is 1.20. The number of rotatable bonds is 2. The third kappa shape index (κ3) is 2.54. The zero-order valence-corrected chi connectivity index (χ0v) is 7.95. The summed E-state index contributed by atoms with van der Waals surface area (Å²) >= 11 is 11.0. The maximum Gasteiger partial charge on any atom is 0.166 e. The maximum absolute atomic E-state index is 12.8. The second-order valence-electron chi connectivity index (χ2n) is 2.41. The van der Waals surface area contributed by atoms with Crippen molar-refractivity contribution >= 4 is 29.0 Å². The van der Waals surface area contributed by atoms with E-state index in [1.807, 2.05) is 0 Å². The van der Waals surface area contributed by atoms with Crippen LogP contribution in [-0.2, 0) is 6.42 Å². The summed E-state index contributed by atoms with van der Waals surface area (Å²) in [5.41, 5.74) is 5.48. The molecule has 0 atom stereocenters. The van der Waals surface area contributed by atoms with Crippen LogP contribution in [-0.4, -0.2) is 10.8 Å². The first-order valence-corrected chi connectivity index (χ1v) is 4.09. The van der Waals surface area contributed by atoms with Crippen molar-refractivity contribution in [3.8, 4) is 0 Å². The van der Waals surface area contributed by atoms with E-state index in [1.54, 1.807) is 0 Å². The largest absolute Gasteiger partial charge is 0.387 e. The first-order chi connectivity index (χ1) is 6.00. The summed E-state index contributed by atoms with van der Waals surface area (Å²) in [5, 5.41) is 6.78. The highest BCUT2D eigenvalue weighted by molar-refractivity contribution is 6.33. The number of hydrogen-bond acceptors (Lipinski definition) is 2. The molecule has 0 unspecified atom stereocenters. The number of amidine groups is 1. The van der Waals surface area contributed by atoms with Crippen molar-refractivity contribution in [2.24, 2.45) is 5.73 Å². The number of hydrogen-bond donors (Lipinski definition) is 2. The summed E-state index contributed by atoms with van der Waals surface area (Å²) in [4.78, 5) is 3.53. The summed E-state index contributed by atoms with van der Waals surface area (Å²) < 4.78 is 12.8. The van der Waals surface area contributed by atoms with Gasteiger partial charge in [0.05, 0.1) is 5.84 Å². The van der Waals surface area contributed by atoms with E-state index in [1.165, 1.54) is 0 Å². The van der Waals surface area contributed by atoms with Gasteiger partial charge in [-0.25, -0.2) is 9.37 Å². The average Bonchev–Trinajstić information content (AvgIpc) is 1.99. The predicted octanol–water partition coefficient (Wildman–Crippen LogP) is 2.01. The Morgan fingerprint density at radius 2 is 2.15 bits per heavy atom. The van der Waals surface area contributed by atoms with Crippen molar-refractivity contribution in [3.63, 3.8) is 0 Å². The zero-order chi connectivity index (χ0) is 10.0. The van der Waals surface area contributed by atoms with Gasteiger partial charge in [0.15, 0.2) is 11.0 Å². The third-order valence-corrected chi connectivity index (χ3v) is 1.93. The molecule has 0 aliphatic carbocycles. The fraction of sp³-hybridized carbons (Fsp3) is 0.143. The molecule has 0 aromatic carbocycles. The molecule has 0 aliphatic rings. The van der Waals surface area contributed by atoms with Crippen LogP contribution in [0.3, 0.4) is 0 Å². The van der Waals surface area contributed by atoms with Gasteiger partial charge in [-0.3, -0.25) is 5.41 Å². The Morgan fingerprint density at radius 3 is 2.69 bits per heavy atom. The standard InChI is InChI=1S/C7H6Cl2FN3/c8-6-3(2-5(11)12)1-4(10)7(9)13-6/h1H,2H2,(H3,11,12). The van der Waals surface area contributed by atoms with Crippen molar-refractivity contribution in [1.29, 1.82) is 5.41 Å². The normalized spacial score (nSPS) is 10.1. The van der Waals surface area contributed by atoms with E-state index < -0.39 is 5.82 Å². The van der Waals surface area contributed by atoms with Crippen molar-refractivity contribution in [1.82, 2.24) is 4.98 Å². The lowest BCUT2D eigenvalue weighted by molar-refractivity contribution is 0.620. The molecular formula is C7H6Cl2FN3. The van der Waals surface area contributed by atoms with Crippen molar-refractivity contribution in [3.05, 3.63) is 27.8 Å². The minimum absolute atomic E-state index is 0.0694. The van der Waals surface area contributed by atoms with Crippen molar-refractivity contribution in [2.45, 2.75) is 6.42 Å². The van der Waals surface area contributed by atoms with Gasteiger partial charge in [-0.15, -0.1) is 0 Å². The number of pyridine rings is 1. The molecule has 70 valence electrons. The Balaban J connectivity index is 3.08. The predicted molar refractivity (Wildman–Crippen MR) is 49.8 cm³/mol. The molecule has 13 heavy (non-hydrogen) atoms. The van der Waals surface area contributed by atoms with Crippen LogP contribution in [0.25, 0.3) is 0 Å². The second kappa shape index (κ2) is 3.89. The highest BCUT2D eigenvalue weighted by Gasteiger charge is 2.09. The fourth-order valence-electron chi connectivity index (χ4n) is 0.813. The summed E-state index contributed by atoms with van der Waals surface area (Å²) in [6, 6.07) is 1.12. The van der Waals surface area contributed by atoms with E-state index in [0.29, 0.717) is 5.56 Å². The summed E-state index contributed by atoms with van der Waals surface area (Å²) in [6.07, 6.45) is 0.0694. The SMILES string of the molecule is N=C(N)Cc1cc(F)c(Cl)nc1Cl. The van der Waals surface area contributed by atoms with E-state index in [4.69, 9.17) is 34.3 Å². The highest BCUT2D eigenvalue weighted by Crippen LogP contribution is 2.20. The molecule has 3 nitrogen and oxygen atoms in total. The molecule has 6 heteroatoms. The van der Waals surface area contributed by atoms with Gasteiger partial charge in [0.2, 0.25) is 0 Å². The Bertz CT molecular complexity index is 354. The Labute approximate surface area is 84.2 Å². The molecule has 0 saturated heterocycles. The van der Waals surface area contributed by atoms with Crippen LogP contribution in [0, 0.1) is 11.2 Å². The topological polar surface area (TPSA) is 62.8 Å². The molecule has 1 aromatic heterocycles. The van der Waals surface area contributed by atoms with Crippen LogP contribution in [0.2, 0.25) is 10.3 Å². The Hall–Kier alpha value is -0.870. The van der Waals surface area contributed by atoms with Gasteiger partial charge >= 0.3 is 0 Å². The average molecular weight is 222 g/mol. The summed E-state index contributed by atoms with van der Waals surface area (Å²) in [5.74, 6) is -0.771. The molecule has 0 fully saturated rings. The smallest absolute Gasteiger partial charge is 0.166 e. The van der Waals surface area contributed by atoms with Crippen LogP contribution in [0.1, 0.15) is 5.56 Å². The van der Waals surface area contributed by atoms with Gasteiger partial charge in [0, 0.05) is 6.42 Å². The lowest BCUT2D eigenvalue weighted by Gasteiger charge is -2.02. The molecule has 1 rings (SSSR count). The first kappa shape index (κ1) is 10.2. The van der Waals surface area contributed by atoms with Gasteiger partial charge in [-0.2, -0.15) is 0 Å². The molecule has 0 amide bonds.